The minimum atomic E-state index is -4.65. The van der Waals surface area contributed by atoms with E-state index in [-0.39, 0.29) is 14.9 Å². The summed E-state index contributed by atoms with van der Waals surface area (Å²) in [4.78, 5) is 16.6. The molecule has 1 aliphatic rings. The maximum Gasteiger partial charge on any atom is 0.407 e. The molecule has 0 bridgehead atoms. The first-order chi connectivity index (χ1) is 12.5. The Morgan fingerprint density at radius 2 is 1.41 bits per heavy atom. The van der Waals surface area contributed by atoms with Crippen molar-refractivity contribution in [3.8, 4) is 0 Å². The zero-order valence-corrected chi connectivity index (χ0v) is 15.0. The normalized spacial score (nSPS) is 22.1. The summed E-state index contributed by atoms with van der Waals surface area (Å²) < 4.78 is 51.1. The van der Waals surface area contributed by atoms with Gasteiger partial charge in [-0.25, -0.2) is 16.8 Å². The van der Waals surface area contributed by atoms with Crippen molar-refractivity contribution in [3.05, 3.63) is 74.8 Å². The van der Waals surface area contributed by atoms with E-state index in [1.807, 2.05) is 0 Å². The van der Waals surface area contributed by atoms with Gasteiger partial charge in [-0.3, -0.25) is 20.2 Å². The van der Waals surface area contributed by atoms with Crippen LogP contribution in [0.5, 0.6) is 0 Å². The van der Waals surface area contributed by atoms with Crippen molar-refractivity contribution in [1.29, 1.82) is 0 Å². The maximum atomic E-state index is 12.8. The lowest BCUT2D eigenvalue weighted by molar-refractivity contribution is -0.518. The molecule has 1 heterocycles. The minimum absolute atomic E-state index is 0.253. The molecule has 1 fully saturated rings. The van der Waals surface area contributed by atoms with Gasteiger partial charge in [-0.2, -0.15) is 0 Å². The molecule has 11 nitrogen and oxygen atoms in total. The molecule has 0 saturated carbocycles. The Labute approximate surface area is 153 Å². The number of benzene rings is 2. The van der Waals surface area contributed by atoms with Crippen molar-refractivity contribution in [2.24, 2.45) is 0 Å². The molecular weight excluding hydrogens is 402 g/mol. The average molecular weight is 413 g/mol. The third-order valence-electron chi connectivity index (χ3n) is 4.04. The predicted molar refractivity (Wildman–Crippen MR) is 90.3 cm³/mol. The molecule has 0 N–H and O–H groups in total. The van der Waals surface area contributed by atoms with E-state index in [4.69, 9.17) is 0 Å². The third kappa shape index (κ3) is 2.75. The largest absolute Gasteiger partial charge is 0.407 e. The molecular formula is C14H11N3O8S2. The molecule has 13 heteroatoms. The Bertz CT molecular complexity index is 1130. The first-order valence-corrected chi connectivity index (χ1v) is 10.2. The Morgan fingerprint density at radius 3 is 1.89 bits per heavy atom. The van der Waals surface area contributed by atoms with Crippen LogP contribution in [0.2, 0.25) is 0 Å². The van der Waals surface area contributed by atoms with Crippen molar-refractivity contribution >= 4 is 25.5 Å². The molecule has 2 atom stereocenters. The molecule has 2 aromatic rings. The quantitative estimate of drug-likeness (QED) is 0.385. The van der Waals surface area contributed by atoms with Crippen molar-refractivity contribution in [2.75, 3.05) is 6.54 Å². The summed E-state index contributed by atoms with van der Waals surface area (Å²) in [5.74, 6) is 0. The monoisotopic (exact) mass is 413 g/mol. The summed E-state index contributed by atoms with van der Waals surface area (Å²) in [5.41, 5.74) is -0.378. The molecule has 0 amide bonds. The number of nitrogens with zero attached hydrogens (tertiary/aromatic N) is 3. The molecule has 0 aromatic heterocycles. The zero-order chi connectivity index (χ0) is 20.0. The first kappa shape index (κ1) is 18.9. The van der Waals surface area contributed by atoms with Crippen LogP contribution in [0.3, 0.4) is 0 Å². The second-order valence-corrected chi connectivity index (χ2v) is 9.57. The van der Waals surface area contributed by atoms with Gasteiger partial charge in [0.15, 0.2) is 0 Å². The SMILES string of the molecule is O=[N+]([O-])c1ccc(S(=O)(=O)N2CC2([N+](=O)[O-])S(=O)(=O)c2ccccc2)cc1. The Balaban J connectivity index is 2.05. The maximum absolute atomic E-state index is 12.8. The summed E-state index contributed by atoms with van der Waals surface area (Å²) in [5, 5.41) is 22.2. The zero-order valence-electron chi connectivity index (χ0n) is 13.3. The van der Waals surface area contributed by atoms with Gasteiger partial charge in [0, 0.05) is 12.1 Å². The predicted octanol–water partition coefficient (Wildman–Crippen LogP) is 1.00. The molecule has 142 valence electrons. The Morgan fingerprint density at radius 1 is 0.852 bits per heavy atom. The number of non-ortho nitro benzene ring substituents is 1. The molecule has 27 heavy (non-hydrogen) atoms. The fourth-order valence-corrected chi connectivity index (χ4v) is 6.40. The van der Waals surface area contributed by atoms with Gasteiger partial charge in [0.2, 0.25) is 10.0 Å². The highest BCUT2D eigenvalue weighted by atomic mass is 32.2. The van der Waals surface area contributed by atoms with Crippen LogP contribution < -0.4 is 0 Å². The average Bonchev–Trinajstić information content (AvgIpc) is 3.41. The van der Waals surface area contributed by atoms with Gasteiger partial charge in [-0.15, -0.1) is 4.31 Å². The summed E-state index contributed by atoms with van der Waals surface area (Å²) in [6.45, 7) is -0.865. The van der Waals surface area contributed by atoms with Crippen LogP contribution in [0.4, 0.5) is 5.69 Å². The lowest BCUT2D eigenvalue weighted by atomic mass is 10.3. The molecule has 1 saturated heterocycles. The number of sulfone groups is 1. The topological polar surface area (TPSA) is 158 Å². The van der Waals surface area contributed by atoms with Gasteiger partial charge in [0.1, 0.15) is 6.54 Å². The smallest absolute Gasteiger partial charge is 0.261 e. The lowest BCUT2D eigenvalue weighted by Gasteiger charge is -2.12. The van der Waals surface area contributed by atoms with Crippen LogP contribution in [0.15, 0.2) is 64.4 Å². The molecule has 0 spiro atoms. The summed E-state index contributed by atoms with van der Waals surface area (Å²) in [7, 11) is -9.21. The highest BCUT2D eigenvalue weighted by molar-refractivity contribution is 7.95. The van der Waals surface area contributed by atoms with Crippen LogP contribution in [0.1, 0.15) is 0 Å². The number of sulfonamides is 1. The highest BCUT2D eigenvalue weighted by Gasteiger charge is 2.79. The number of nitro groups is 2. The van der Waals surface area contributed by atoms with Crippen molar-refractivity contribution in [1.82, 2.24) is 4.31 Å². The summed E-state index contributed by atoms with van der Waals surface area (Å²) >= 11 is 0. The van der Waals surface area contributed by atoms with Gasteiger partial charge in [0.05, 0.1) is 19.6 Å². The van der Waals surface area contributed by atoms with Crippen LogP contribution in [0.25, 0.3) is 0 Å². The fraction of sp³-hybridized carbons (Fsp3) is 0.143. The van der Waals surface area contributed by atoms with Gasteiger partial charge >= 0.3 is 4.99 Å². The van der Waals surface area contributed by atoms with Crippen molar-refractivity contribution in [2.45, 2.75) is 14.8 Å². The fourth-order valence-electron chi connectivity index (χ4n) is 2.55. The minimum Gasteiger partial charge on any atom is -0.261 e. The van der Waals surface area contributed by atoms with E-state index in [1.54, 1.807) is 0 Å². The molecule has 0 radical (unpaired) electrons. The highest BCUT2D eigenvalue weighted by Crippen LogP contribution is 2.46. The van der Waals surface area contributed by atoms with Gasteiger partial charge < -0.3 is 0 Å². The number of rotatable bonds is 6. The molecule has 3 rings (SSSR count). The third-order valence-corrected chi connectivity index (χ3v) is 8.29. The van der Waals surface area contributed by atoms with E-state index in [9.17, 15) is 37.1 Å². The number of hydrogen-bond donors (Lipinski definition) is 0. The van der Waals surface area contributed by atoms with Crippen LogP contribution >= 0.6 is 0 Å². The molecule has 0 aliphatic carbocycles. The van der Waals surface area contributed by atoms with E-state index in [1.165, 1.54) is 18.2 Å². The van der Waals surface area contributed by atoms with Gasteiger partial charge in [-0.1, -0.05) is 18.2 Å². The Hall–Kier alpha value is -2.90. The van der Waals surface area contributed by atoms with Crippen molar-refractivity contribution < 1.29 is 26.7 Å². The van der Waals surface area contributed by atoms with Crippen LogP contribution in [0, 0.1) is 20.2 Å². The molecule has 1 aliphatic heterocycles. The van der Waals surface area contributed by atoms with E-state index >= 15 is 0 Å². The number of nitro benzene ring substituents is 1. The van der Waals surface area contributed by atoms with Gasteiger partial charge in [0.25, 0.3) is 15.5 Å². The Kier molecular flexibility index (Phi) is 4.25. The summed E-state index contributed by atoms with van der Waals surface area (Å²) in [6.07, 6.45) is 0. The van der Waals surface area contributed by atoms with E-state index < -0.39 is 46.1 Å². The first-order valence-electron chi connectivity index (χ1n) is 7.26. The molecule has 2 aromatic carbocycles. The lowest BCUT2D eigenvalue weighted by Crippen LogP contribution is -2.39. The standard InChI is InChI=1S/C14H11N3O8S2/c18-16(19)11-6-8-13(9-7-11)27(24,25)15-10-14(15,17(20)21)26(22,23)12-4-2-1-3-5-12/h1-9H,10H2. The van der Waals surface area contributed by atoms with Crippen LogP contribution in [-0.2, 0) is 19.9 Å². The van der Waals surface area contributed by atoms with Crippen LogP contribution in [-0.4, -0.2) is 42.5 Å². The second kappa shape index (κ2) is 6.07. The second-order valence-electron chi connectivity index (χ2n) is 5.58. The number of hydrogen-bond acceptors (Lipinski definition) is 8. The van der Waals surface area contributed by atoms with E-state index in [0.717, 1.165) is 36.4 Å². The van der Waals surface area contributed by atoms with Gasteiger partial charge in [-0.05, 0) is 24.3 Å². The van der Waals surface area contributed by atoms with Crippen molar-refractivity contribution in [3.63, 3.8) is 0 Å². The molecule has 2 unspecified atom stereocenters. The van der Waals surface area contributed by atoms with E-state index in [0.29, 0.717) is 0 Å². The van der Waals surface area contributed by atoms with E-state index in [2.05, 4.69) is 0 Å². The summed E-state index contributed by atoms with van der Waals surface area (Å²) in [6, 6.07) is 10.1.